The van der Waals surface area contributed by atoms with Crippen LogP contribution in [0.2, 0.25) is 0 Å². The highest BCUT2D eigenvalue weighted by atomic mass is 16.3. The summed E-state index contributed by atoms with van der Waals surface area (Å²) in [6.07, 6.45) is 3.12. The zero-order chi connectivity index (χ0) is 11.3. The summed E-state index contributed by atoms with van der Waals surface area (Å²) in [6, 6.07) is 1.44. The molecule has 0 radical (unpaired) electrons. The molecule has 0 atom stereocenters. The lowest BCUT2D eigenvalue weighted by molar-refractivity contribution is 0.365. The highest BCUT2D eigenvalue weighted by molar-refractivity contribution is 5.76. The molecule has 1 aromatic heterocycles. The maximum absolute atomic E-state index is 9.74. The summed E-state index contributed by atoms with van der Waals surface area (Å²) in [4.78, 5) is 0. The average molecular weight is 218 g/mol. The number of H-pyrrole nitrogens is 1. The number of fused-ring (bicyclic) bond motifs is 3. The van der Waals surface area contributed by atoms with Gasteiger partial charge in [0, 0.05) is 11.1 Å². The lowest BCUT2D eigenvalue weighted by Gasteiger charge is -2.18. The monoisotopic (exact) mass is 218 g/mol. The van der Waals surface area contributed by atoms with E-state index in [2.05, 4.69) is 10.2 Å². The average Bonchev–Trinajstić information content (AvgIpc) is 2.74. The third kappa shape index (κ3) is 1.02. The van der Waals surface area contributed by atoms with Gasteiger partial charge in [-0.15, -0.1) is 0 Å². The first-order chi connectivity index (χ1) is 7.68. The molecule has 0 saturated heterocycles. The summed E-state index contributed by atoms with van der Waals surface area (Å²) < 4.78 is 0. The van der Waals surface area contributed by atoms with Crippen molar-refractivity contribution in [3.05, 3.63) is 23.4 Å². The van der Waals surface area contributed by atoms with Gasteiger partial charge < -0.3 is 15.3 Å². The first kappa shape index (κ1) is 9.08. The highest BCUT2D eigenvalue weighted by Crippen LogP contribution is 2.45. The summed E-state index contributed by atoms with van der Waals surface area (Å²) in [5.74, 6) is -1.02. The van der Waals surface area contributed by atoms with Crippen molar-refractivity contribution in [1.82, 2.24) is 10.2 Å². The van der Waals surface area contributed by atoms with Crippen LogP contribution in [0.4, 0.5) is 0 Å². The number of nitrogens with zero attached hydrogens (tertiary/aromatic N) is 1. The van der Waals surface area contributed by atoms with Gasteiger partial charge in [0.15, 0.2) is 11.5 Å². The summed E-state index contributed by atoms with van der Waals surface area (Å²) in [5, 5.41) is 35.4. The van der Waals surface area contributed by atoms with Gasteiger partial charge in [0.05, 0.1) is 11.9 Å². The van der Waals surface area contributed by atoms with E-state index in [0.717, 1.165) is 17.7 Å². The Morgan fingerprint density at radius 2 is 1.94 bits per heavy atom. The maximum Gasteiger partial charge on any atom is 0.200 e. The fourth-order valence-electron chi connectivity index (χ4n) is 2.15. The van der Waals surface area contributed by atoms with Crippen molar-refractivity contribution < 1.29 is 15.3 Å². The van der Waals surface area contributed by atoms with Crippen molar-refractivity contribution in [3.63, 3.8) is 0 Å². The van der Waals surface area contributed by atoms with Gasteiger partial charge in [0.25, 0.3) is 0 Å². The number of phenolic OH excluding ortho intramolecular Hbond substituents is 3. The minimum absolute atomic E-state index is 0.241. The number of hydrogen-bond acceptors (Lipinski definition) is 4. The Hall–Kier alpha value is -2.17. The van der Waals surface area contributed by atoms with Crippen LogP contribution in [0, 0.1) is 0 Å². The second-order valence-corrected chi connectivity index (χ2v) is 3.89. The molecule has 16 heavy (non-hydrogen) atoms. The van der Waals surface area contributed by atoms with Crippen LogP contribution in [0.3, 0.4) is 0 Å². The molecule has 2 aromatic rings. The first-order valence-electron chi connectivity index (χ1n) is 4.98. The van der Waals surface area contributed by atoms with Gasteiger partial charge in [-0.05, 0) is 24.5 Å². The minimum Gasteiger partial charge on any atom is -0.504 e. The molecule has 4 N–H and O–H groups in total. The molecular weight excluding hydrogens is 208 g/mol. The normalized spacial score (nSPS) is 13.2. The van der Waals surface area contributed by atoms with Crippen molar-refractivity contribution in [2.45, 2.75) is 12.8 Å². The van der Waals surface area contributed by atoms with Crippen LogP contribution in [0.15, 0.2) is 12.3 Å². The van der Waals surface area contributed by atoms with Crippen LogP contribution in [0.1, 0.15) is 11.1 Å². The molecule has 0 saturated carbocycles. The molecule has 1 aliphatic rings. The molecule has 82 valence electrons. The zero-order valence-corrected chi connectivity index (χ0v) is 8.36. The Morgan fingerprint density at radius 1 is 1.12 bits per heavy atom. The molecule has 0 unspecified atom stereocenters. The van der Waals surface area contributed by atoms with Crippen LogP contribution in [-0.2, 0) is 12.8 Å². The van der Waals surface area contributed by atoms with E-state index in [4.69, 9.17) is 0 Å². The molecule has 5 heteroatoms. The molecule has 0 fully saturated rings. The molecule has 0 amide bonds. The molecule has 0 bridgehead atoms. The number of aromatic amines is 1. The number of nitrogens with one attached hydrogen (secondary N) is 1. The van der Waals surface area contributed by atoms with E-state index in [1.54, 1.807) is 6.20 Å². The van der Waals surface area contributed by atoms with Crippen molar-refractivity contribution in [3.8, 4) is 28.5 Å². The van der Waals surface area contributed by atoms with Crippen molar-refractivity contribution in [2.24, 2.45) is 0 Å². The van der Waals surface area contributed by atoms with Crippen molar-refractivity contribution >= 4 is 0 Å². The molecule has 1 aliphatic carbocycles. The lowest BCUT2D eigenvalue weighted by Crippen LogP contribution is -2.03. The number of rotatable bonds is 0. The predicted molar refractivity (Wildman–Crippen MR) is 56.4 cm³/mol. The zero-order valence-electron chi connectivity index (χ0n) is 8.36. The summed E-state index contributed by atoms with van der Waals surface area (Å²) in [5.41, 5.74) is 3.20. The number of aromatic hydroxyl groups is 3. The second-order valence-electron chi connectivity index (χ2n) is 3.89. The molecule has 3 rings (SSSR count). The van der Waals surface area contributed by atoms with Crippen molar-refractivity contribution in [1.29, 1.82) is 0 Å². The second kappa shape index (κ2) is 2.91. The summed E-state index contributed by atoms with van der Waals surface area (Å²) in [6.45, 7) is 0. The molecule has 1 heterocycles. The maximum atomic E-state index is 9.74. The number of aromatic nitrogens is 2. The molecule has 0 spiro atoms. The van der Waals surface area contributed by atoms with E-state index >= 15 is 0 Å². The molecule has 5 nitrogen and oxygen atoms in total. The van der Waals surface area contributed by atoms with Gasteiger partial charge in [0.1, 0.15) is 0 Å². The van der Waals surface area contributed by atoms with Gasteiger partial charge in [-0.3, -0.25) is 5.10 Å². The Bertz CT molecular complexity index is 575. The van der Waals surface area contributed by atoms with E-state index in [1.165, 1.54) is 6.07 Å². The Labute approximate surface area is 91.0 Å². The summed E-state index contributed by atoms with van der Waals surface area (Å²) >= 11 is 0. The van der Waals surface area contributed by atoms with Crippen molar-refractivity contribution in [2.75, 3.05) is 0 Å². The SMILES string of the molecule is Oc1cc2c(c(O)c1O)CCc1cn[nH]c1-2. The highest BCUT2D eigenvalue weighted by Gasteiger charge is 2.24. The van der Waals surface area contributed by atoms with E-state index in [9.17, 15) is 15.3 Å². The third-order valence-corrected chi connectivity index (χ3v) is 2.99. The van der Waals surface area contributed by atoms with Gasteiger partial charge in [0.2, 0.25) is 5.75 Å². The number of phenols is 3. The number of aryl methyl sites for hydroxylation is 1. The molecule has 0 aliphatic heterocycles. The topological polar surface area (TPSA) is 89.4 Å². The number of hydrogen-bond donors (Lipinski definition) is 4. The fraction of sp³-hybridized carbons (Fsp3) is 0.182. The Kier molecular flexibility index (Phi) is 1.65. The number of benzene rings is 1. The predicted octanol–water partition coefficient (Wildman–Crippen LogP) is 1.29. The standard InChI is InChI=1S/C11H10N2O3/c14-8-3-7-6(10(15)11(8)16)2-1-5-4-12-13-9(5)7/h3-4,14-16H,1-2H2,(H,12,13). The van der Waals surface area contributed by atoms with Crippen LogP contribution in [0.5, 0.6) is 17.2 Å². The van der Waals surface area contributed by atoms with E-state index in [0.29, 0.717) is 17.5 Å². The largest absolute Gasteiger partial charge is 0.504 e. The third-order valence-electron chi connectivity index (χ3n) is 2.99. The van der Waals surface area contributed by atoms with Gasteiger partial charge in [-0.1, -0.05) is 0 Å². The summed E-state index contributed by atoms with van der Waals surface area (Å²) in [7, 11) is 0. The van der Waals surface area contributed by atoms with Crippen LogP contribution >= 0.6 is 0 Å². The molecular formula is C11H10N2O3. The van der Waals surface area contributed by atoms with Gasteiger partial charge in [-0.2, -0.15) is 5.10 Å². The fourth-order valence-corrected chi connectivity index (χ4v) is 2.15. The minimum atomic E-state index is -0.457. The van der Waals surface area contributed by atoms with Crippen LogP contribution in [0.25, 0.3) is 11.3 Å². The smallest absolute Gasteiger partial charge is 0.200 e. The first-order valence-corrected chi connectivity index (χ1v) is 4.98. The Morgan fingerprint density at radius 3 is 2.75 bits per heavy atom. The Balaban J connectivity index is 2.34. The van der Waals surface area contributed by atoms with E-state index in [-0.39, 0.29) is 11.5 Å². The van der Waals surface area contributed by atoms with Crippen LogP contribution < -0.4 is 0 Å². The van der Waals surface area contributed by atoms with E-state index < -0.39 is 5.75 Å². The van der Waals surface area contributed by atoms with Gasteiger partial charge >= 0.3 is 0 Å². The van der Waals surface area contributed by atoms with Crippen LogP contribution in [-0.4, -0.2) is 25.5 Å². The lowest BCUT2D eigenvalue weighted by atomic mass is 9.89. The molecule has 1 aromatic carbocycles. The quantitative estimate of drug-likeness (QED) is 0.501. The van der Waals surface area contributed by atoms with Gasteiger partial charge in [-0.25, -0.2) is 0 Å². The van der Waals surface area contributed by atoms with E-state index in [1.807, 2.05) is 0 Å².